The molecule has 1 aliphatic rings. The number of benzene rings is 1. The van der Waals surface area contributed by atoms with Gasteiger partial charge in [-0.25, -0.2) is 0 Å². The maximum Gasteiger partial charge on any atom is 0.0593 e. The molecule has 1 aromatic carbocycles. The summed E-state index contributed by atoms with van der Waals surface area (Å²) in [7, 11) is 0. The Kier molecular flexibility index (Phi) is 5.41. The van der Waals surface area contributed by atoms with Crippen molar-refractivity contribution in [1.29, 1.82) is 0 Å². The largest absolute Gasteiger partial charge is 0.380 e. The highest BCUT2D eigenvalue weighted by Gasteiger charge is 2.09. The lowest BCUT2D eigenvalue weighted by Gasteiger charge is -2.18. The SMILES string of the molecule is Cc1[nH]c2ccc(SNCCN3CCCOCC3)cc2c1C. The fourth-order valence-corrected chi connectivity index (χ4v) is 3.54. The Hall–Kier alpha value is -1.01. The number of nitrogens with one attached hydrogen (secondary N) is 2. The van der Waals surface area contributed by atoms with E-state index in [1.165, 1.54) is 27.1 Å². The molecule has 2 heterocycles. The first-order valence-corrected chi connectivity index (χ1v) is 8.84. The number of hydrogen-bond acceptors (Lipinski definition) is 4. The van der Waals surface area contributed by atoms with E-state index in [0.29, 0.717) is 0 Å². The molecular weight excluding hydrogens is 294 g/mol. The Bertz CT molecular complexity index is 618. The van der Waals surface area contributed by atoms with Crippen molar-refractivity contribution >= 4 is 22.9 Å². The average molecular weight is 319 g/mol. The smallest absolute Gasteiger partial charge is 0.0593 e. The van der Waals surface area contributed by atoms with E-state index in [0.717, 1.165) is 45.8 Å². The molecule has 2 N–H and O–H groups in total. The van der Waals surface area contributed by atoms with Crippen LogP contribution in [0.3, 0.4) is 0 Å². The van der Waals surface area contributed by atoms with E-state index in [2.05, 4.69) is 46.7 Å². The van der Waals surface area contributed by atoms with Crippen LogP contribution in [0.25, 0.3) is 10.9 Å². The standard InChI is InChI=1S/C17H25N3OS/c1-13-14(2)19-17-5-4-15(12-16(13)17)22-18-6-8-20-7-3-10-21-11-9-20/h4-5,12,18-19H,3,6-11H2,1-2H3. The molecule has 4 nitrogen and oxygen atoms in total. The third-order valence-corrected chi connectivity index (χ3v) is 5.15. The number of aryl methyl sites for hydroxylation is 2. The Labute approximate surface area is 136 Å². The van der Waals surface area contributed by atoms with Crippen LogP contribution in [-0.4, -0.2) is 49.3 Å². The summed E-state index contributed by atoms with van der Waals surface area (Å²) in [6.07, 6.45) is 1.15. The molecule has 120 valence electrons. The molecule has 0 amide bonds. The zero-order valence-electron chi connectivity index (χ0n) is 13.4. The molecule has 0 radical (unpaired) electrons. The van der Waals surface area contributed by atoms with Gasteiger partial charge in [-0.05, 0) is 56.0 Å². The molecule has 5 heteroatoms. The lowest BCUT2D eigenvalue weighted by Crippen LogP contribution is -2.32. The molecule has 0 saturated carbocycles. The van der Waals surface area contributed by atoms with Crippen molar-refractivity contribution in [2.75, 3.05) is 39.4 Å². The highest BCUT2D eigenvalue weighted by Crippen LogP contribution is 2.25. The summed E-state index contributed by atoms with van der Waals surface area (Å²) in [5, 5.41) is 1.33. The van der Waals surface area contributed by atoms with Crippen LogP contribution in [0.2, 0.25) is 0 Å². The number of aromatic nitrogens is 1. The van der Waals surface area contributed by atoms with Gasteiger partial charge in [-0.15, -0.1) is 0 Å². The van der Waals surface area contributed by atoms with Crippen molar-refractivity contribution < 1.29 is 4.74 Å². The molecule has 0 bridgehead atoms. The van der Waals surface area contributed by atoms with Crippen LogP contribution in [0.1, 0.15) is 17.7 Å². The first-order valence-electron chi connectivity index (χ1n) is 8.03. The third kappa shape index (κ3) is 3.84. The Balaban J connectivity index is 1.50. The summed E-state index contributed by atoms with van der Waals surface area (Å²) in [4.78, 5) is 7.17. The number of fused-ring (bicyclic) bond motifs is 1. The molecule has 1 aromatic heterocycles. The van der Waals surface area contributed by atoms with Crippen LogP contribution in [-0.2, 0) is 4.74 Å². The number of rotatable bonds is 5. The molecular formula is C17H25N3OS. The summed E-state index contributed by atoms with van der Waals surface area (Å²) in [6.45, 7) is 10.4. The van der Waals surface area contributed by atoms with Gasteiger partial charge in [0.2, 0.25) is 0 Å². The third-order valence-electron chi connectivity index (χ3n) is 4.31. The summed E-state index contributed by atoms with van der Waals surface area (Å²) < 4.78 is 8.97. The molecule has 0 spiro atoms. The van der Waals surface area contributed by atoms with Gasteiger partial charge in [-0.2, -0.15) is 0 Å². The molecule has 0 atom stereocenters. The molecule has 1 fully saturated rings. The van der Waals surface area contributed by atoms with Gasteiger partial charge in [-0.3, -0.25) is 9.62 Å². The number of nitrogens with zero attached hydrogens (tertiary/aromatic N) is 1. The second kappa shape index (κ2) is 7.51. The van der Waals surface area contributed by atoms with Gasteiger partial charge in [0.25, 0.3) is 0 Å². The van der Waals surface area contributed by atoms with Crippen LogP contribution >= 0.6 is 11.9 Å². The van der Waals surface area contributed by atoms with E-state index in [9.17, 15) is 0 Å². The van der Waals surface area contributed by atoms with E-state index >= 15 is 0 Å². The van der Waals surface area contributed by atoms with Crippen molar-refractivity contribution in [3.63, 3.8) is 0 Å². The Morgan fingerprint density at radius 3 is 3.09 bits per heavy atom. The van der Waals surface area contributed by atoms with Gasteiger partial charge >= 0.3 is 0 Å². The first kappa shape index (κ1) is 15.9. The second-order valence-electron chi connectivity index (χ2n) is 5.89. The van der Waals surface area contributed by atoms with E-state index in [1.807, 2.05) is 0 Å². The Morgan fingerprint density at radius 2 is 2.18 bits per heavy atom. The lowest BCUT2D eigenvalue weighted by molar-refractivity contribution is 0.142. The molecule has 1 saturated heterocycles. The van der Waals surface area contributed by atoms with Crippen LogP contribution in [0.5, 0.6) is 0 Å². The summed E-state index contributed by atoms with van der Waals surface area (Å²) in [6, 6.07) is 6.62. The number of H-pyrrole nitrogens is 1. The average Bonchev–Trinajstić information content (AvgIpc) is 2.73. The van der Waals surface area contributed by atoms with E-state index in [4.69, 9.17) is 4.74 Å². The summed E-state index contributed by atoms with van der Waals surface area (Å²) in [5.41, 5.74) is 3.83. The molecule has 2 aromatic rings. The quantitative estimate of drug-likeness (QED) is 0.656. The van der Waals surface area contributed by atoms with Crippen molar-refractivity contribution in [1.82, 2.24) is 14.6 Å². The van der Waals surface area contributed by atoms with Crippen molar-refractivity contribution in [2.24, 2.45) is 0 Å². The van der Waals surface area contributed by atoms with E-state index < -0.39 is 0 Å². The maximum atomic E-state index is 5.48. The minimum Gasteiger partial charge on any atom is -0.380 e. The lowest BCUT2D eigenvalue weighted by atomic mass is 10.1. The van der Waals surface area contributed by atoms with Crippen molar-refractivity contribution in [3.8, 4) is 0 Å². The van der Waals surface area contributed by atoms with Crippen molar-refractivity contribution in [3.05, 3.63) is 29.5 Å². The van der Waals surface area contributed by atoms with Gasteiger partial charge in [0.15, 0.2) is 0 Å². The fraction of sp³-hybridized carbons (Fsp3) is 0.529. The van der Waals surface area contributed by atoms with Gasteiger partial charge in [0.05, 0.1) is 6.61 Å². The normalized spacial score (nSPS) is 17.0. The maximum absolute atomic E-state index is 5.48. The highest BCUT2D eigenvalue weighted by molar-refractivity contribution is 7.97. The fourth-order valence-electron chi connectivity index (χ4n) is 2.86. The van der Waals surface area contributed by atoms with Crippen LogP contribution in [0.4, 0.5) is 0 Å². The first-order chi connectivity index (χ1) is 10.7. The zero-order chi connectivity index (χ0) is 15.4. The van der Waals surface area contributed by atoms with Crippen molar-refractivity contribution in [2.45, 2.75) is 25.2 Å². The monoisotopic (exact) mass is 319 g/mol. The zero-order valence-corrected chi connectivity index (χ0v) is 14.3. The number of hydrogen-bond donors (Lipinski definition) is 2. The predicted octanol–water partition coefficient (Wildman–Crippen LogP) is 3.10. The second-order valence-corrected chi connectivity index (χ2v) is 6.85. The number of ether oxygens (including phenoxy) is 1. The topological polar surface area (TPSA) is 40.3 Å². The Morgan fingerprint density at radius 1 is 1.27 bits per heavy atom. The van der Waals surface area contributed by atoms with E-state index in [1.54, 1.807) is 11.9 Å². The van der Waals surface area contributed by atoms with Gasteiger partial charge in [0.1, 0.15) is 0 Å². The summed E-state index contributed by atoms with van der Waals surface area (Å²) in [5.74, 6) is 0. The number of aromatic amines is 1. The van der Waals surface area contributed by atoms with Gasteiger partial charge in [0, 0.05) is 54.3 Å². The molecule has 1 aliphatic heterocycles. The molecule has 3 rings (SSSR count). The molecule has 0 aliphatic carbocycles. The highest BCUT2D eigenvalue weighted by atomic mass is 32.2. The van der Waals surface area contributed by atoms with Crippen LogP contribution in [0, 0.1) is 13.8 Å². The predicted molar refractivity (Wildman–Crippen MR) is 93.5 cm³/mol. The van der Waals surface area contributed by atoms with Gasteiger partial charge < -0.3 is 9.72 Å². The minimum absolute atomic E-state index is 0.871. The van der Waals surface area contributed by atoms with Gasteiger partial charge in [-0.1, -0.05) is 0 Å². The van der Waals surface area contributed by atoms with Crippen LogP contribution < -0.4 is 4.72 Å². The summed E-state index contributed by atoms with van der Waals surface area (Å²) >= 11 is 1.73. The van der Waals surface area contributed by atoms with E-state index in [-0.39, 0.29) is 0 Å². The van der Waals surface area contributed by atoms with Crippen LogP contribution in [0.15, 0.2) is 23.1 Å². The molecule has 22 heavy (non-hydrogen) atoms. The molecule has 0 unspecified atom stereocenters. The minimum atomic E-state index is 0.871.